The smallest absolute Gasteiger partial charge is 0.191 e. The number of aliphatic imine (C=N–C) groups is 1. The van der Waals surface area contributed by atoms with Gasteiger partial charge in [0.25, 0.3) is 0 Å². The van der Waals surface area contributed by atoms with Crippen LogP contribution in [0.1, 0.15) is 66.2 Å². The second-order valence-electron chi connectivity index (χ2n) is 6.66. The predicted octanol–water partition coefficient (Wildman–Crippen LogP) is 4.19. The van der Waals surface area contributed by atoms with Gasteiger partial charge in [-0.3, -0.25) is 4.99 Å². The second kappa shape index (κ2) is 14.3. The van der Waals surface area contributed by atoms with E-state index in [1.165, 1.54) is 25.7 Å². The largest absolute Gasteiger partial charge is 0.382 e. The predicted molar refractivity (Wildman–Crippen MR) is 111 cm³/mol. The molecule has 1 saturated carbocycles. The number of nitrogens with one attached hydrogen (secondary N) is 2. The Labute approximate surface area is 160 Å². The van der Waals surface area contributed by atoms with Crippen LogP contribution in [0.5, 0.6) is 0 Å². The molecule has 5 heteroatoms. The maximum atomic E-state index is 5.36. The van der Waals surface area contributed by atoms with Crippen molar-refractivity contribution in [1.29, 1.82) is 0 Å². The maximum absolute atomic E-state index is 5.36. The molecule has 0 amide bonds. The second-order valence-corrected chi connectivity index (χ2v) is 6.66. The SMILES string of the molecule is CCNC(=NCCCCOCC)NC1CCC(C(C)C)CC1.I. The van der Waals surface area contributed by atoms with Gasteiger partial charge in [-0.25, -0.2) is 0 Å². The zero-order chi connectivity index (χ0) is 16.2. The first-order chi connectivity index (χ1) is 10.7. The summed E-state index contributed by atoms with van der Waals surface area (Å²) in [5, 5.41) is 7.00. The van der Waals surface area contributed by atoms with Crippen molar-refractivity contribution >= 4 is 29.9 Å². The number of rotatable bonds is 9. The van der Waals surface area contributed by atoms with Crippen molar-refractivity contribution in [2.24, 2.45) is 16.8 Å². The third-order valence-corrected chi connectivity index (χ3v) is 4.57. The molecule has 2 N–H and O–H groups in total. The lowest BCUT2D eigenvalue weighted by molar-refractivity contribution is 0.144. The molecule has 1 fully saturated rings. The van der Waals surface area contributed by atoms with Gasteiger partial charge in [-0.05, 0) is 64.2 Å². The van der Waals surface area contributed by atoms with Crippen LogP contribution in [-0.4, -0.2) is 38.3 Å². The fraction of sp³-hybridized carbons (Fsp3) is 0.944. The number of halogens is 1. The van der Waals surface area contributed by atoms with Crippen LogP contribution in [0, 0.1) is 11.8 Å². The highest BCUT2D eigenvalue weighted by Gasteiger charge is 2.23. The summed E-state index contributed by atoms with van der Waals surface area (Å²) < 4.78 is 5.36. The average Bonchev–Trinajstić information content (AvgIpc) is 2.51. The van der Waals surface area contributed by atoms with E-state index in [2.05, 4.69) is 31.4 Å². The van der Waals surface area contributed by atoms with Crippen molar-refractivity contribution in [2.45, 2.75) is 72.3 Å². The van der Waals surface area contributed by atoms with Crippen molar-refractivity contribution in [3.63, 3.8) is 0 Å². The topological polar surface area (TPSA) is 45.7 Å². The van der Waals surface area contributed by atoms with Gasteiger partial charge in [0, 0.05) is 32.3 Å². The van der Waals surface area contributed by atoms with Crippen LogP contribution in [0.25, 0.3) is 0 Å². The fourth-order valence-electron chi connectivity index (χ4n) is 3.09. The van der Waals surface area contributed by atoms with Crippen LogP contribution in [0.2, 0.25) is 0 Å². The number of nitrogens with zero attached hydrogens (tertiary/aromatic N) is 1. The molecule has 23 heavy (non-hydrogen) atoms. The molecule has 0 aliphatic heterocycles. The number of guanidine groups is 1. The molecule has 1 aliphatic rings. The summed E-state index contributed by atoms with van der Waals surface area (Å²) in [6.45, 7) is 12.3. The number of unbranched alkanes of at least 4 members (excludes halogenated alkanes) is 1. The van der Waals surface area contributed by atoms with Gasteiger partial charge in [0.15, 0.2) is 5.96 Å². The van der Waals surface area contributed by atoms with E-state index in [0.29, 0.717) is 6.04 Å². The van der Waals surface area contributed by atoms with Crippen LogP contribution < -0.4 is 10.6 Å². The molecule has 0 aromatic rings. The summed E-state index contributed by atoms with van der Waals surface area (Å²) in [5.74, 6) is 2.73. The molecule has 0 bridgehead atoms. The van der Waals surface area contributed by atoms with E-state index >= 15 is 0 Å². The van der Waals surface area contributed by atoms with Gasteiger partial charge < -0.3 is 15.4 Å². The molecular formula is C18H38IN3O. The minimum atomic E-state index is 0. The first-order valence-electron chi connectivity index (χ1n) is 9.29. The van der Waals surface area contributed by atoms with Gasteiger partial charge in [-0.1, -0.05) is 13.8 Å². The van der Waals surface area contributed by atoms with Gasteiger partial charge in [0.2, 0.25) is 0 Å². The summed E-state index contributed by atoms with van der Waals surface area (Å²) in [6, 6.07) is 0.594. The van der Waals surface area contributed by atoms with Crippen LogP contribution in [0.15, 0.2) is 4.99 Å². The van der Waals surface area contributed by atoms with Crippen molar-refractivity contribution in [3.8, 4) is 0 Å². The van der Waals surface area contributed by atoms with Gasteiger partial charge in [0.05, 0.1) is 0 Å². The minimum absolute atomic E-state index is 0. The maximum Gasteiger partial charge on any atom is 0.191 e. The Balaban J connectivity index is 0.00000484. The molecule has 1 aliphatic carbocycles. The highest BCUT2D eigenvalue weighted by atomic mass is 127. The zero-order valence-corrected chi connectivity index (χ0v) is 17.9. The molecular weight excluding hydrogens is 401 g/mol. The highest BCUT2D eigenvalue weighted by molar-refractivity contribution is 14.0. The quantitative estimate of drug-likeness (QED) is 0.245. The lowest BCUT2D eigenvalue weighted by atomic mass is 9.80. The van der Waals surface area contributed by atoms with Crippen LogP contribution >= 0.6 is 24.0 Å². The van der Waals surface area contributed by atoms with Crippen LogP contribution in [-0.2, 0) is 4.74 Å². The summed E-state index contributed by atoms with van der Waals surface area (Å²) >= 11 is 0. The fourth-order valence-corrected chi connectivity index (χ4v) is 3.09. The monoisotopic (exact) mass is 439 g/mol. The van der Waals surface area contributed by atoms with E-state index in [1.807, 2.05) is 6.92 Å². The van der Waals surface area contributed by atoms with Gasteiger partial charge in [0.1, 0.15) is 0 Å². The zero-order valence-electron chi connectivity index (χ0n) is 15.6. The normalized spacial score (nSPS) is 21.9. The number of hydrogen-bond donors (Lipinski definition) is 2. The van der Waals surface area contributed by atoms with Gasteiger partial charge in [-0.15, -0.1) is 24.0 Å². The minimum Gasteiger partial charge on any atom is -0.382 e. The van der Waals surface area contributed by atoms with E-state index in [4.69, 9.17) is 9.73 Å². The standard InChI is InChI=1S/C18H37N3O.HI/c1-5-19-18(20-13-7-8-14-22-6-2)21-17-11-9-16(10-12-17)15(3)4;/h15-17H,5-14H2,1-4H3,(H2,19,20,21);1H. The summed E-state index contributed by atoms with van der Waals surface area (Å²) in [7, 11) is 0. The third kappa shape index (κ3) is 10.4. The lowest BCUT2D eigenvalue weighted by Gasteiger charge is -2.32. The summed E-state index contributed by atoms with van der Waals surface area (Å²) in [4.78, 5) is 4.70. The molecule has 0 heterocycles. The van der Waals surface area contributed by atoms with E-state index < -0.39 is 0 Å². The Morgan fingerprint density at radius 2 is 1.83 bits per heavy atom. The molecule has 0 aromatic carbocycles. The molecule has 1 rings (SSSR count). The molecule has 0 atom stereocenters. The van der Waals surface area contributed by atoms with Crippen molar-refractivity contribution < 1.29 is 4.74 Å². The summed E-state index contributed by atoms with van der Waals surface area (Å²) in [6.07, 6.45) is 7.44. The Morgan fingerprint density at radius 3 is 2.39 bits per heavy atom. The van der Waals surface area contributed by atoms with Crippen LogP contribution in [0.3, 0.4) is 0 Å². The Bertz CT molecular complexity index is 303. The van der Waals surface area contributed by atoms with E-state index in [1.54, 1.807) is 0 Å². The number of hydrogen-bond acceptors (Lipinski definition) is 2. The van der Waals surface area contributed by atoms with E-state index in [0.717, 1.165) is 56.9 Å². The van der Waals surface area contributed by atoms with Crippen LogP contribution in [0.4, 0.5) is 0 Å². The van der Waals surface area contributed by atoms with E-state index in [-0.39, 0.29) is 24.0 Å². The van der Waals surface area contributed by atoms with Crippen molar-refractivity contribution in [1.82, 2.24) is 10.6 Å². The molecule has 138 valence electrons. The van der Waals surface area contributed by atoms with Gasteiger partial charge >= 0.3 is 0 Å². The summed E-state index contributed by atoms with van der Waals surface area (Å²) in [5.41, 5.74) is 0. The Morgan fingerprint density at radius 1 is 1.13 bits per heavy atom. The Kier molecular flexibility index (Phi) is 14.3. The molecule has 0 spiro atoms. The molecule has 0 saturated heterocycles. The molecule has 0 radical (unpaired) electrons. The van der Waals surface area contributed by atoms with E-state index in [9.17, 15) is 0 Å². The van der Waals surface area contributed by atoms with Gasteiger partial charge in [-0.2, -0.15) is 0 Å². The lowest BCUT2D eigenvalue weighted by Crippen LogP contribution is -2.45. The highest BCUT2D eigenvalue weighted by Crippen LogP contribution is 2.29. The molecule has 0 aromatic heterocycles. The number of ether oxygens (including phenoxy) is 1. The first-order valence-corrected chi connectivity index (χ1v) is 9.29. The third-order valence-electron chi connectivity index (χ3n) is 4.57. The van der Waals surface area contributed by atoms with Crippen molar-refractivity contribution in [3.05, 3.63) is 0 Å². The molecule has 4 nitrogen and oxygen atoms in total. The molecule has 0 unspecified atom stereocenters. The van der Waals surface area contributed by atoms with Crippen molar-refractivity contribution in [2.75, 3.05) is 26.3 Å². The average molecular weight is 439 g/mol. The Hall–Kier alpha value is -0.0400. The first kappa shape index (κ1) is 23.0.